The van der Waals surface area contributed by atoms with Gasteiger partial charge in [-0.3, -0.25) is 0 Å². The average Bonchev–Trinajstić information content (AvgIpc) is 1.80. The Morgan fingerprint density at radius 2 is 2.11 bits per heavy atom. The molecule has 0 atom stereocenters. The van der Waals surface area contributed by atoms with Crippen LogP contribution in [0.2, 0.25) is 12.1 Å². The lowest BCUT2D eigenvalue weighted by atomic mass is 10.6. The zero-order chi connectivity index (χ0) is 7.11. The number of alkyl halides is 2. The van der Waals surface area contributed by atoms with Crippen molar-refractivity contribution in [1.82, 2.24) is 0 Å². The van der Waals surface area contributed by atoms with Crippen molar-refractivity contribution < 1.29 is 0 Å². The van der Waals surface area contributed by atoms with E-state index in [0.29, 0.717) is 3.74 Å². The average molecular weight is 292 g/mol. The van der Waals surface area contributed by atoms with E-state index in [4.69, 9.17) is 0 Å². The summed E-state index contributed by atoms with van der Waals surface area (Å²) >= 11 is 11.1. The summed E-state index contributed by atoms with van der Waals surface area (Å²) < 4.78 is 0.566. The molecule has 0 amide bonds. The number of rotatable bonds is 5. The molecule has 0 bridgehead atoms. The lowest BCUT2D eigenvalue weighted by molar-refractivity contribution is 1.09. The minimum absolute atomic E-state index is 0.210. The highest BCUT2D eigenvalue weighted by Crippen LogP contribution is 2.13. The third-order valence-electron chi connectivity index (χ3n) is 1.08. The molecule has 0 N–H and O–H groups in total. The number of hydrogen-bond donors (Lipinski definition) is 1. The van der Waals surface area contributed by atoms with E-state index in [-0.39, 0.29) is 9.52 Å². The van der Waals surface area contributed by atoms with Gasteiger partial charge in [0.1, 0.15) is 0 Å². The molecule has 0 saturated heterocycles. The van der Waals surface area contributed by atoms with Crippen LogP contribution in [0.4, 0.5) is 0 Å². The number of halogens is 2. The van der Waals surface area contributed by atoms with Crippen LogP contribution in [0.25, 0.3) is 0 Å². The molecule has 0 heterocycles. The van der Waals surface area contributed by atoms with Gasteiger partial charge >= 0.3 is 0 Å². The third kappa shape index (κ3) is 9.53. The van der Waals surface area contributed by atoms with Crippen molar-refractivity contribution in [3.05, 3.63) is 0 Å². The SMILES string of the molecule is SCCC[SiH2]CC(Br)Br. The van der Waals surface area contributed by atoms with Crippen LogP contribution < -0.4 is 0 Å². The van der Waals surface area contributed by atoms with Crippen LogP contribution in [0.1, 0.15) is 6.42 Å². The smallest absolute Gasteiger partial charge is 0.0669 e. The van der Waals surface area contributed by atoms with Crippen molar-refractivity contribution in [3.63, 3.8) is 0 Å². The Kier molecular flexibility index (Phi) is 8.93. The predicted molar refractivity (Wildman–Crippen MR) is 58.3 cm³/mol. The zero-order valence-electron chi connectivity index (χ0n) is 5.32. The summed E-state index contributed by atoms with van der Waals surface area (Å²) in [7, 11) is 0.210. The van der Waals surface area contributed by atoms with Gasteiger partial charge in [0.25, 0.3) is 0 Å². The van der Waals surface area contributed by atoms with Gasteiger partial charge in [0, 0.05) is 9.52 Å². The maximum Gasteiger partial charge on any atom is 0.0669 e. The summed E-state index contributed by atoms with van der Waals surface area (Å²) in [4.78, 5) is 0. The van der Waals surface area contributed by atoms with E-state index in [1.807, 2.05) is 0 Å². The van der Waals surface area contributed by atoms with Gasteiger partial charge in [0.15, 0.2) is 0 Å². The van der Waals surface area contributed by atoms with Gasteiger partial charge in [-0.25, -0.2) is 0 Å². The standard InChI is InChI=1S/C5H12Br2SSi/c6-5(7)4-9-3-1-2-8/h5,8H,1-4,9H2. The molecule has 9 heavy (non-hydrogen) atoms. The van der Waals surface area contributed by atoms with Crippen molar-refractivity contribution in [2.75, 3.05) is 5.75 Å². The van der Waals surface area contributed by atoms with E-state index in [2.05, 4.69) is 44.5 Å². The molecule has 4 heteroatoms. The Morgan fingerprint density at radius 1 is 1.44 bits per heavy atom. The molecule has 0 aromatic carbocycles. The van der Waals surface area contributed by atoms with Gasteiger partial charge in [-0.15, -0.1) is 0 Å². The fraction of sp³-hybridized carbons (Fsp3) is 1.00. The monoisotopic (exact) mass is 290 g/mol. The van der Waals surface area contributed by atoms with Gasteiger partial charge in [-0.1, -0.05) is 37.9 Å². The molecule has 0 unspecified atom stereocenters. The summed E-state index contributed by atoms with van der Waals surface area (Å²) in [6.45, 7) is 0. The van der Waals surface area contributed by atoms with Crippen molar-refractivity contribution in [3.8, 4) is 0 Å². The summed E-state index contributed by atoms with van der Waals surface area (Å²) in [5, 5.41) is 0. The first-order chi connectivity index (χ1) is 4.27. The Balaban J connectivity index is 2.75. The lowest BCUT2D eigenvalue weighted by Gasteiger charge is -1.97. The summed E-state index contributed by atoms with van der Waals surface area (Å²) in [6.07, 6.45) is 1.31. The highest BCUT2D eigenvalue weighted by molar-refractivity contribution is 9.24. The van der Waals surface area contributed by atoms with E-state index in [1.54, 1.807) is 0 Å². The molecule has 0 aliphatic rings. The molecule has 0 nitrogen and oxygen atoms in total. The minimum Gasteiger partial charge on any atom is -0.179 e. The Bertz CT molecular complexity index is 60.9. The van der Waals surface area contributed by atoms with Gasteiger partial charge in [0.05, 0.1) is 3.74 Å². The topological polar surface area (TPSA) is 0 Å². The van der Waals surface area contributed by atoms with E-state index in [9.17, 15) is 0 Å². The van der Waals surface area contributed by atoms with Crippen LogP contribution >= 0.6 is 44.5 Å². The van der Waals surface area contributed by atoms with E-state index in [1.165, 1.54) is 18.5 Å². The first kappa shape index (κ1) is 10.5. The Labute approximate surface area is 81.7 Å². The number of thiol groups is 1. The normalized spacial score (nSPS) is 12.0. The Hall–Kier alpha value is 1.53. The molecule has 0 aliphatic heterocycles. The first-order valence-electron chi connectivity index (χ1n) is 3.16. The fourth-order valence-corrected chi connectivity index (χ4v) is 4.37. The second-order valence-corrected chi connectivity index (χ2v) is 7.84. The fourth-order valence-electron chi connectivity index (χ4n) is 0.587. The lowest BCUT2D eigenvalue weighted by Crippen LogP contribution is -1.94. The highest BCUT2D eigenvalue weighted by atomic mass is 79.9. The molecule has 0 aromatic heterocycles. The van der Waals surface area contributed by atoms with Crippen molar-refractivity contribution in [2.45, 2.75) is 22.2 Å². The van der Waals surface area contributed by atoms with Gasteiger partial charge in [0.2, 0.25) is 0 Å². The molecule has 0 rings (SSSR count). The maximum absolute atomic E-state index is 4.14. The molecule has 0 aromatic rings. The molecule has 0 radical (unpaired) electrons. The largest absolute Gasteiger partial charge is 0.179 e. The third-order valence-corrected chi connectivity index (χ3v) is 5.99. The maximum atomic E-state index is 4.14. The van der Waals surface area contributed by atoms with Crippen molar-refractivity contribution in [1.29, 1.82) is 0 Å². The molecule has 0 spiro atoms. The first-order valence-corrected chi connectivity index (χ1v) is 7.62. The van der Waals surface area contributed by atoms with Crippen LogP contribution in [0.15, 0.2) is 0 Å². The van der Waals surface area contributed by atoms with Crippen molar-refractivity contribution >= 4 is 54.0 Å². The molecule has 0 saturated carbocycles. The molecule has 0 fully saturated rings. The van der Waals surface area contributed by atoms with Crippen LogP contribution in [-0.4, -0.2) is 19.0 Å². The van der Waals surface area contributed by atoms with Gasteiger partial charge < -0.3 is 0 Å². The van der Waals surface area contributed by atoms with E-state index in [0.717, 1.165) is 5.75 Å². The van der Waals surface area contributed by atoms with Gasteiger partial charge in [-0.2, -0.15) is 12.6 Å². The van der Waals surface area contributed by atoms with Crippen LogP contribution in [0, 0.1) is 0 Å². The van der Waals surface area contributed by atoms with Gasteiger partial charge in [-0.05, 0) is 18.2 Å². The molecular weight excluding hydrogens is 280 g/mol. The van der Waals surface area contributed by atoms with Crippen LogP contribution in [0.3, 0.4) is 0 Å². The molecule has 0 aliphatic carbocycles. The van der Waals surface area contributed by atoms with E-state index >= 15 is 0 Å². The molecular formula is C5H12Br2SSi. The summed E-state index contributed by atoms with van der Waals surface area (Å²) in [5.74, 6) is 1.06. The molecule has 56 valence electrons. The zero-order valence-corrected chi connectivity index (χ0v) is 10.8. The summed E-state index contributed by atoms with van der Waals surface area (Å²) in [6, 6.07) is 2.80. The quantitative estimate of drug-likeness (QED) is 0.342. The second-order valence-electron chi connectivity index (χ2n) is 1.96. The minimum atomic E-state index is 0.210. The van der Waals surface area contributed by atoms with E-state index < -0.39 is 0 Å². The second kappa shape index (κ2) is 7.63. The summed E-state index contributed by atoms with van der Waals surface area (Å²) in [5.41, 5.74) is 0. The van der Waals surface area contributed by atoms with Crippen molar-refractivity contribution in [2.24, 2.45) is 0 Å². The highest BCUT2D eigenvalue weighted by Gasteiger charge is 1.96. The van der Waals surface area contributed by atoms with Crippen LogP contribution in [-0.2, 0) is 0 Å². The predicted octanol–water partition coefficient (Wildman–Crippen LogP) is 2.43. The number of hydrogen-bond acceptors (Lipinski definition) is 1. The van der Waals surface area contributed by atoms with Crippen LogP contribution in [0.5, 0.6) is 0 Å². The Morgan fingerprint density at radius 3 is 2.56 bits per heavy atom.